The Hall–Kier alpha value is -1.24. The zero-order valence-electron chi connectivity index (χ0n) is 16.7. The topological polar surface area (TPSA) is 52.6 Å². The molecule has 0 unspecified atom stereocenters. The van der Waals surface area contributed by atoms with Gasteiger partial charge in [0.15, 0.2) is 5.60 Å². The van der Waals surface area contributed by atoms with E-state index in [-0.39, 0.29) is 30.7 Å². The minimum atomic E-state index is -2.81. The van der Waals surface area contributed by atoms with Crippen LogP contribution in [0.25, 0.3) is 0 Å². The Morgan fingerprint density at radius 2 is 1.69 bits per heavy atom. The fourth-order valence-electron chi connectivity index (χ4n) is 5.41. The van der Waals surface area contributed by atoms with Crippen LogP contribution in [-0.4, -0.2) is 48.0 Å². The summed E-state index contributed by atoms with van der Waals surface area (Å²) < 4.78 is 27.9. The molecule has 1 amide bonds. The first-order valence-corrected chi connectivity index (χ1v) is 10.5. The minimum Gasteiger partial charge on any atom is -0.375 e. The number of likely N-dealkylation sites (tertiary alicyclic amines) is 1. The molecule has 2 heterocycles. The Kier molecular flexibility index (Phi) is 6.56. The summed E-state index contributed by atoms with van der Waals surface area (Å²) in [5.74, 6) is -3.97. The van der Waals surface area contributed by atoms with Gasteiger partial charge in [-0.05, 0) is 56.2 Å². The average molecular weight is 429 g/mol. The number of hydrogen-bond acceptors (Lipinski definition) is 3. The van der Waals surface area contributed by atoms with E-state index in [2.05, 4.69) is 5.32 Å². The maximum Gasteiger partial charge on any atom is 0.259 e. The van der Waals surface area contributed by atoms with Crippen LogP contribution in [0.5, 0.6) is 0 Å². The van der Waals surface area contributed by atoms with Gasteiger partial charge in [0.05, 0.1) is 0 Å². The molecule has 2 atom stereocenters. The molecule has 0 bridgehead atoms. The number of carbonyl (C=O) groups excluding carboxylic acids is 1. The van der Waals surface area contributed by atoms with E-state index in [0.29, 0.717) is 18.7 Å². The van der Waals surface area contributed by atoms with Crippen LogP contribution in [0.2, 0.25) is 0 Å². The molecular formula is C22H31ClF2N2O2. The molecule has 3 fully saturated rings. The van der Waals surface area contributed by atoms with Gasteiger partial charge in [-0.25, -0.2) is 8.78 Å². The van der Waals surface area contributed by atoms with E-state index < -0.39 is 29.8 Å². The van der Waals surface area contributed by atoms with Crippen molar-refractivity contribution in [3.05, 3.63) is 35.9 Å². The number of alkyl halides is 2. The van der Waals surface area contributed by atoms with E-state index in [4.69, 9.17) is 0 Å². The van der Waals surface area contributed by atoms with Gasteiger partial charge >= 0.3 is 0 Å². The highest BCUT2D eigenvalue weighted by Crippen LogP contribution is 2.49. The highest BCUT2D eigenvalue weighted by atomic mass is 35.5. The summed E-state index contributed by atoms with van der Waals surface area (Å²) in [6.07, 6.45) is 3.54. The second-order valence-corrected chi connectivity index (χ2v) is 8.97. The number of carbonyl (C=O) groups is 1. The van der Waals surface area contributed by atoms with Crippen molar-refractivity contribution in [3.63, 3.8) is 0 Å². The third-order valence-electron chi connectivity index (χ3n) is 7.31. The summed E-state index contributed by atoms with van der Waals surface area (Å²) in [5.41, 5.74) is -1.16. The van der Waals surface area contributed by atoms with Crippen molar-refractivity contribution in [1.82, 2.24) is 10.2 Å². The average Bonchev–Trinajstić information content (AvgIpc) is 3.09. The molecule has 2 N–H and O–H groups in total. The second kappa shape index (κ2) is 8.48. The van der Waals surface area contributed by atoms with E-state index in [1.54, 1.807) is 35.2 Å². The third kappa shape index (κ3) is 4.30. The summed E-state index contributed by atoms with van der Waals surface area (Å²) in [4.78, 5) is 15.2. The van der Waals surface area contributed by atoms with Gasteiger partial charge in [-0.2, -0.15) is 0 Å². The Morgan fingerprint density at radius 1 is 1.07 bits per heavy atom. The predicted octanol–water partition coefficient (Wildman–Crippen LogP) is 3.72. The van der Waals surface area contributed by atoms with E-state index in [9.17, 15) is 18.7 Å². The first-order chi connectivity index (χ1) is 13.3. The van der Waals surface area contributed by atoms with Crippen LogP contribution in [0.3, 0.4) is 0 Å². The zero-order chi connectivity index (χ0) is 19.8. The number of amides is 1. The number of aliphatic hydroxyl groups is 1. The Bertz CT molecular complexity index is 702. The van der Waals surface area contributed by atoms with Gasteiger partial charge < -0.3 is 15.3 Å². The highest BCUT2D eigenvalue weighted by Gasteiger charge is 2.55. The number of benzene rings is 1. The van der Waals surface area contributed by atoms with Crippen LogP contribution < -0.4 is 5.32 Å². The van der Waals surface area contributed by atoms with Gasteiger partial charge in [-0.1, -0.05) is 30.3 Å². The molecule has 3 aliphatic rings. The van der Waals surface area contributed by atoms with Crippen LogP contribution in [-0.2, 0) is 10.4 Å². The van der Waals surface area contributed by atoms with Crippen LogP contribution in [0.15, 0.2) is 30.3 Å². The lowest BCUT2D eigenvalue weighted by molar-refractivity contribution is -0.163. The monoisotopic (exact) mass is 428 g/mol. The molecule has 7 heteroatoms. The standard InChI is InChI=1S/C22H30F2N2O2.ClH/c23-21(24)7-6-18(16-21)22(28,17-4-2-1-3-5-17)19(27)26-14-10-20(11-15-26)8-12-25-13-9-20;/h1-5,18,25,28H,6-16H2;1H/t18-,22+;/m1./s1. The van der Waals surface area contributed by atoms with E-state index >= 15 is 0 Å². The summed E-state index contributed by atoms with van der Waals surface area (Å²) in [6, 6.07) is 8.68. The molecule has 1 aliphatic carbocycles. The summed E-state index contributed by atoms with van der Waals surface area (Å²) >= 11 is 0. The molecule has 1 aromatic rings. The lowest BCUT2D eigenvalue weighted by atomic mass is 9.71. The maximum absolute atomic E-state index is 13.9. The van der Waals surface area contributed by atoms with Gasteiger partial charge in [0, 0.05) is 31.8 Å². The van der Waals surface area contributed by atoms with Crippen molar-refractivity contribution in [2.75, 3.05) is 26.2 Å². The summed E-state index contributed by atoms with van der Waals surface area (Å²) in [5, 5.41) is 15.0. The highest BCUT2D eigenvalue weighted by molar-refractivity contribution is 5.87. The smallest absolute Gasteiger partial charge is 0.259 e. The van der Waals surface area contributed by atoms with Crippen molar-refractivity contribution < 1.29 is 18.7 Å². The molecule has 1 spiro atoms. The number of nitrogens with one attached hydrogen (secondary N) is 1. The molecule has 2 aliphatic heterocycles. The first-order valence-electron chi connectivity index (χ1n) is 10.5. The molecule has 162 valence electrons. The van der Waals surface area contributed by atoms with Gasteiger partial charge in [-0.3, -0.25) is 4.79 Å². The van der Waals surface area contributed by atoms with Crippen LogP contribution in [0.1, 0.15) is 50.5 Å². The van der Waals surface area contributed by atoms with Crippen LogP contribution >= 0.6 is 12.4 Å². The van der Waals surface area contributed by atoms with Crippen molar-refractivity contribution in [1.29, 1.82) is 0 Å². The molecule has 4 nitrogen and oxygen atoms in total. The number of nitrogens with zero attached hydrogens (tertiary/aromatic N) is 1. The SMILES string of the molecule is Cl.O=C(N1CCC2(CCNCC2)CC1)[C@](O)(c1ccccc1)[C@@H]1CCC(F)(F)C1. The van der Waals surface area contributed by atoms with Gasteiger partial charge in [0.2, 0.25) is 5.92 Å². The molecule has 1 aromatic carbocycles. The fourth-order valence-corrected chi connectivity index (χ4v) is 5.41. The minimum absolute atomic E-state index is 0. The normalized spacial score (nSPS) is 27.8. The largest absolute Gasteiger partial charge is 0.375 e. The lowest BCUT2D eigenvalue weighted by Crippen LogP contribution is -2.55. The van der Waals surface area contributed by atoms with Gasteiger partial charge in [0.25, 0.3) is 5.91 Å². The lowest BCUT2D eigenvalue weighted by Gasteiger charge is -2.46. The first kappa shape index (κ1) is 22.4. The van der Waals surface area contributed by atoms with E-state index in [0.717, 1.165) is 38.8 Å². The summed E-state index contributed by atoms with van der Waals surface area (Å²) in [6.45, 7) is 3.21. The Balaban J connectivity index is 0.00000240. The molecule has 4 rings (SSSR count). The number of rotatable bonds is 3. The Labute approximate surface area is 177 Å². The maximum atomic E-state index is 13.9. The van der Waals surface area contributed by atoms with Crippen molar-refractivity contribution >= 4 is 18.3 Å². The zero-order valence-corrected chi connectivity index (χ0v) is 17.5. The number of piperidine rings is 2. The van der Waals surface area contributed by atoms with Crippen LogP contribution in [0, 0.1) is 11.3 Å². The molecule has 1 saturated carbocycles. The molecule has 2 saturated heterocycles. The molecule has 29 heavy (non-hydrogen) atoms. The van der Waals surface area contributed by atoms with Crippen molar-refractivity contribution in [2.24, 2.45) is 11.3 Å². The predicted molar refractivity (Wildman–Crippen MR) is 110 cm³/mol. The van der Waals surface area contributed by atoms with E-state index in [1.807, 2.05) is 0 Å². The number of halogens is 3. The molecule has 0 aromatic heterocycles. The van der Waals surface area contributed by atoms with Crippen molar-refractivity contribution in [2.45, 2.75) is 56.5 Å². The third-order valence-corrected chi connectivity index (χ3v) is 7.31. The molecular weight excluding hydrogens is 398 g/mol. The number of hydrogen-bond donors (Lipinski definition) is 2. The Morgan fingerprint density at radius 3 is 2.24 bits per heavy atom. The van der Waals surface area contributed by atoms with Gasteiger partial charge in [-0.15, -0.1) is 12.4 Å². The fraction of sp³-hybridized carbons (Fsp3) is 0.682. The molecule has 0 radical (unpaired) electrons. The van der Waals surface area contributed by atoms with Gasteiger partial charge in [0.1, 0.15) is 0 Å². The van der Waals surface area contributed by atoms with E-state index in [1.165, 1.54) is 0 Å². The van der Waals surface area contributed by atoms with Crippen molar-refractivity contribution in [3.8, 4) is 0 Å². The quantitative estimate of drug-likeness (QED) is 0.771. The second-order valence-electron chi connectivity index (χ2n) is 8.97. The van der Waals surface area contributed by atoms with Crippen LogP contribution in [0.4, 0.5) is 8.78 Å². The summed E-state index contributed by atoms with van der Waals surface area (Å²) in [7, 11) is 0.